The summed E-state index contributed by atoms with van der Waals surface area (Å²) in [7, 11) is 0. The smallest absolute Gasteiger partial charge is 0.175 e. The molecular formula is C8H6FIO. The second kappa shape index (κ2) is 3.80. The Bertz CT molecular complexity index is 273. The van der Waals surface area contributed by atoms with Gasteiger partial charge in [0.25, 0.3) is 0 Å². The third kappa shape index (κ3) is 1.99. The normalized spacial score (nSPS) is 9.64. The number of ketones is 1. The lowest BCUT2D eigenvalue weighted by Gasteiger charge is -1.96. The Kier molecular flexibility index (Phi) is 2.99. The zero-order chi connectivity index (χ0) is 8.27. The van der Waals surface area contributed by atoms with Crippen molar-refractivity contribution in [2.75, 3.05) is 4.43 Å². The molecule has 58 valence electrons. The average molecular weight is 264 g/mol. The van der Waals surface area contributed by atoms with Gasteiger partial charge in [0.15, 0.2) is 5.78 Å². The van der Waals surface area contributed by atoms with Gasteiger partial charge in [-0.15, -0.1) is 0 Å². The highest BCUT2D eigenvalue weighted by Gasteiger charge is 2.07. The third-order valence-corrected chi connectivity index (χ3v) is 1.99. The SMILES string of the molecule is O=C(CI)c1ccccc1F. The Hall–Kier alpha value is -0.450. The molecule has 0 atom stereocenters. The zero-order valence-electron chi connectivity index (χ0n) is 5.68. The van der Waals surface area contributed by atoms with Crippen LogP contribution in [0, 0.1) is 5.82 Å². The van der Waals surface area contributed by atoms with E-state index in [0.29, 0.717) is 4.43 Å². The molecule has 0 amide bonds. The number of rotatable bonds is 2. The van der Waals surface area contributed by atoms with Crippen LogP contribution in [-0.4, -0.2) is 10.2 Å². The van der Waals surface area contributed by atoms with Crippen molar-refractivity contribution in [2.45, 2.75) is 0 Å². The quantitative estimate of drug-likeness (QED) is 0.455. The summed E-state index contributed by atoms with van der Waals surface area (Å²) in [6.45, 7) is 0. The molecule has 0 N–H and O–H groups in total. The largest absolute Gasteiger partial charge is 0.293 e. The molecule has 0 saturated carbocycles. The van der Waals surface area contributed by atoms with Gasteiger partial charge in [-0.25, -0.2) is 4.39 Å². The average Bonchev–Trinajstić information content (AvgIpc) is 2.04. The van der Waals surface area contributed by atoms with E-state index in [2.05, 4.69) is 0 Å². The monoisotopic (exact) mass is 264 g/mol. The van der Waals surface area contributed by atoms with Gasteiger partial charge in [0.1, 0.15) is 5.82 Å². The Morgan fingerprint density at radius 1 is 1.45 bits per heavy atom. The molecule has 0 saturated heterocycles. The Morgan fingerprint density at radius 3 is 2.64 bits per heavy atom. The molecule has 1 nitrogen and oxygen atoms in total. The van der Waals surface area contributed by atoms with Gasteiger partial charge in [-0.2, -0.15) is 0 Å². The fourth-order valence-electron chi connectivity index (χ4n) is 0.759. The van der Waals surface area contributed by atoms with Crippen LogP contribution in [0.3, 0.4) is 0 Å². The summed E-state index contributed by atoms with van der Waals surface area (Å²) >= 11 is 1.92. The number of Topliss-reactive ketones (excluding diaryl/α,β-unsaturated/α-hetero) is 1. The molecule has 0 fully saturated rings. The second-order valence-corrected chi connectivity index (χ2v) is 2.80. The highest BCUT2D eigenvalue weighted by Crippen LogP contribution is 2.08. The zero-order valence-corrected chi connectivity index (χ0v) is 7.84. The van der Waals surface area contributed by atoms with Crippen molar-refractivity contribution in [3.05, 3.63) is 35.6 Å². The van der Waals surface area contributed by atoms with Crippen molar-refractivity contribution < 1.29 is 9.18 Å². The van der Waals surface area contributed by atoms with Gasteiger partial charge in [0.2, 0.25) is 0 Å². The van der Waals surface area contributed by atoms with Gasteiger partial charge in [-0.05, 0) is 12.1 Å². The first kappa shape index (κ1) is 8.64. The summed E-state index contributed by atoms with van der Waals surface area (Å²) in [5.74, 6) is -0.599. The van der Waals surface area contributed by atoms with Gasteiger partial charge in [-0.1, -0.05) is 34.7 Å². The van der Waals surface area contributed by atoms with E-state index in [9.17, 15) is 9.18 Å². The molecule has 0 heterocycles. The van der Waals surface area contributed by atoms with Crippen molar-refractivity contribution in [2.24, 2.45) is 0 Å². The van der Waals surface area contributed by atoms with E-state index in [1.165, 1.54) is 12.1 Å². The molecule has 0 radical (unpaired) electrons. The van der Waals surface area contributed by atoms with Crippen LogP contribution in [0.15, 0.2) is 24.3 Å². The number of hydrogen-bond donors (Lipinski definition) is 0. The van der Waals surface area contributed by atoms with Crippen LogP contribution < -0.4 is 0 Å². The van der Waals surface area contributed by atoms with E-state index >= 15 is 0 Å². The van der Waals surface area contributed by atoms with Crippen LogP contribution in [-0.2, 0) is 0 Å². The van der Waals surface area contributed by atoms with E-state index in [1.54, 1.807) is 12.1 Å². The number of alkyl halides is 1. The Labute approximate surface area is 77.8 Å². The molecule has 0 aliphatic rings. The fraction of sp³-hybridized carbons (Fsp3) is 0.125. The number of benzene rings is 1. The molecular weight excluding hydrogens is 258 g/mol. The molecule has 1 rings (SSSR count). The van der Waals surface area contributed by atoms with E-state index in [-0.39, 0.29) is 11.3 Å². The molecule has 11 heavy (non-hydrogen) atoms. The Balaban J connectivity index is 3.03. The maximum atomic E-state index is 12.8. The summed E-state index contributed by atoms with van der Waals surface area (Å²) in [5, 5.41) is 0. The Morgan fingerprint density at radius 2 is 2.09 bits per heavy atom. The lowest BCUT2D eigenvalue weighted by Crippen LogP contribution is -2.02. The first-order valence-corrected chi connectivity index (χ1v) is 4.62. The maximum absolute atomic E-state index is 12.8. The standard InChI is InChI=1S/C8H6FIO/c9-7-4-2-1-3-6(7)8(11)5-10/h1-4H,5H2. The molecule has 0 bridgehead atoms. The molecule has 1 aromatic rings. The molecule has 0 aliphatic carbocycles. The van der Waals surface area contributed by atoms with E-state index < -0.39 is 5.82 Å². The van der Waals surface area contributed by atoms with Crippen molar-refractivity contribution in [1.82, 2.24) is 0 Å². The van der Waals surface area contributed by atoms with Crippen LogP contribution in [0.2, 0.25) is 0 Å². The van der Waals surface area contributed by atoms with Crippen LogP contribution >= 0.6 is 22.6 Å². The summed E-state index contributed by atoms with van der Waals surface area (Å²) < 4.78 is 13.1. The molecule has 0 aliphatic heterocycles. The molecule has 1 aromatic carbocycles. The van der Waals surface area contributed by atoms with Gasteiger partial charge >= 0.3 is 0 Å². The number of hydrogen-bond acceptors (Lipinski definition) is 1. The van der Waals surface area contributed by atoms with Gasteiger partial charge < -0.3 is 0 Å². The minimum absolute atomic E-state index is 0.163. The highest BCUT2D eigenvalue weighted by atomic mass is 127. The lowest BCUT2D eigenvalue weighted by molar-refractivity contribution is 0.102. The van der Waals surface area contributed by atoms with Gasteiger partial charge in [-0.3, -0.25) is 4.79 Å². The number of carbonyl (C=O) groups excluding carboxylic acids is 1. The highest BCUT2D eigenvalue weighted by molar-refractivity contribution is 14.1. The first-order chi connectivity index (χ1) is 5.25. The molecule has 0 aromatic heterocycles. The van der Waals surface area contributed by atoms with Crippen LogP contribution in [0.4, 0.5) is 4.39 Å². The molecule has 0 spiro atoms. The van der Waals surface area contributed by atoms with E-state index in [1.807, 2.05) is 22.6 Å². The summed E-state index contributed by atoms with van der Waals surface area (Å²) in [6, 6.07) is 6.01. The molecule has 3 heteroatoms. The second-order valence-electron chi connectivity index (χ2n) is 2.04. The van der Waals surface area contributed by atoms with Crippen molar-refractivity contribution in [3.63, 3.8) is 0 Å². The van der Waals surface area contributed by atoms with Crippen LogP contribution in [0.5, 0.6) is 0 Å². The van der Waals surface area contributed by atoms with Crippen LogP contribution in [0.1, 0.15) is 10.4 Å². The van der Waals surface area contributed by atoms with Crippen molar-refractivity contribution in [1.29, 1.82) is 0 Å². The topological polar surface area (TPSA) is 17.1 Å². The summed E-state index contributed by atoms with van der Waals surface area (Å²) in [5.41, 5.74) is 0.182. The fourth-order valence-corrected chi connectivity index (χ4v) is 1.17. The summed E-state index contributed by atoms with van der Waals surface area (Å²) in [4.78, 5) is 11.0. The molecule has 0 unspecified atom stereocenters. The van der Waals surface area contributed by atoms with Gasteiger partial charge in [0.05, 0.1) is 9.99 Å². The summed E-state index contributed by atoms with van der Waals surface area (Å²) in [6.07, 6.45) is 0. The maximum Gasteiger partial charge on any atom is 0.175 e. The van der Waals surface area contributed by atoms with E-state index in [0.717, 1.165) is 0 Å². The van der Waals surface area contributed by atoms with Crippen molar-refractivity contribution >= 4 is 28.4 Å². The van der Waals surface area contributed by atoms with Crippen LogP contribution in [0.25, 0.3) is 0 Å². The minimum Gasteiger partial charge on any atom is -0.293 e. The van der Waals surface area contributed by atoms with Gasteiger partial charge in [0, 0.05) is 0 Å². The minimum atomic E-state index is -0.436. The lowest BCUT2D eigenvalue weighted by atomic mass is 10.1. The van der Waals surface area contributed by atoms with E-state index in [4.69, 9.17) is 0 Å². The third-order valence-electron chi connectivity index (χ3n) is 1.30. The first-order valence-electron chi connectivity index (χ1n) is 3.09. The number of halogens is 2. The predicted octanol–water partition coefficient (Wildman–Crippen LogP) is 2.44. The number of carbonyl (C=O) groups is 1. The predicted molar refractivity (Wildman–Crippen MR) is 49.6 cm³/mol. The van der Waals surface area contributed by atoms with Crippen molar-refractivity contribution in [3.8, 4) is 0 Å².